The van der Waals surface area contributed by atoms with Crippen LogP contribution in [0.3, 0.4) is 0 Å². The molecule has 0 spiro atoms. The number of rotatable bonds is 8. The van der Waals surface area contributed by atoms with Gasteiger partial charge in [0.05, 0.1) is 23.9 Å². The smallest absolute Gasteiger partial charge is 0.264 e. The number of piperidine rings is 1. The molecule has 0 saturated carbocycles. The molecule has 2 fully saturated rings. The number of hydrogen-bond donors (Lipinski definition) is 1. The van der Waals surface area contributed by atoms with E-state index in [0.717, 1.165) is 103 Å². The van der Waals surface area contributed by atoms with Gasteiger partial charge in [0.1, 0.15) is 28.5 Å². The van der Waals surface area contributed by atoms with Crippen molar-refractivity contribution in [3.63, 3.8) is 0 Å². The third kappa shape index (κ3) is 5.42. The molecule has 1 amide bonds. The van der Waals surface area contributed by atoms with Crippen LogP contribution in [-0.4, -0.2) is 74.6 Å². The van der Waals surface area contributed by atoms with Crippen molar-refractivity contribution < 1.29 is 9.53 Å². The van der Waals surface area contributed by atoms with Gasteiger partial charge >= 0.3 is 0 Å². The summed E-state index contributed by atoms with van der Waals surface area (Å²) >= 11 is 1.50. The maximum atomic E-state index is 13.1. The average Bonchev–Trinajstić information content (AvgIpc) is 3.72. The lowest BCUT2D eigenvalue weighted by Gasteiger charge is -2.33. The third-order valence-electron chi connectivity index (χ3n) is 8.26. The number of carbonyl (C=O) groups excluding carboxylic acids is 1. The molecule has 2 aliphatic heterocycles. The first-order valence-electron chi connectivity index (χ1n) is 14.2. The van der Waals surface area contributed by atoms with Gasteiger partial charge in [0.15, 0.2) is 0 Å². The number of hydrogen-bond acceptors (Lipinski definition) is 8. The van der Waals surface area contributed by atoms with Crippen molar-refractivity contribution in [3.8, 4) is 5.75 Å². The number of benzene rings is 1. The molecule has 0 atom stereocenters. The second kappa shape index (κ2) is 11.5. The van der Waals surface area contributed by atoms with E-state index >= 15 is 0 Å². The van der Waals surface area contributed by atoms with Crippen LogP contribution in [-0.2, 0) is 13.1 Å². The Hall–Kier alpha value is -3.50. The minimum absolute atomic E-state index is 0.138. The van der Waals surface area contributed by atoms with Gasteiger partial charge in [-0.25, -0.2) is 15.0 Å². The highest BCUT2D eigenvalue weighted by molar-refractivity contribution is 7.20. The molecule has 0 bridgehead atoms. The maximum Gasteiger partial charge on any atom is 0.264 e. The summed E-state index contributed by atoms with van der Waals surface area (Å²) in [6, 6.07) is 6.85. The normalized spacial score (nSPS) is 16.6. The Morgan fingerprint density at radius 3 is 2.60 bits per heavy atom. The fraction of sp³-hybridized carbons (Fsp3) is 0.467. The summed E-state index contributed by atoms with van der Waals surface area (Å²) in [4.78, 5) is 32.8. The lowest BCUT2D eigenvalue weighted by Crippen LogP contribution is -2.38. The molecule has 10 heteroatoms. The van der Waals surface area contributed by atoms with Crippen LogP contribution in [0.5, 0.6) is 5.75 Å². The number of methoxy groups -OCH3 is 1. The monoisotopic (exact) mass is 559 g/mol. The molecular formula is C30H37N7O2S. The molecule has 3 aromatic heterocycles. The van der Waals surface area contributed by atoms with Gasteiger partial charge in [0.2, 0.25) is 0 Å². The number of nitrogens with one attached hydrogen (secondary N) is 1. The van der Waals surface area contributed by atoms with Gasteiger partial charge in [0, 0.05) is 56.7 Å². The van der Waals surface area contributed by atoms with Crippen molar-refractivity contribution in [2.75, 3.05) is 38.6 Å². The van der Waals surface area contributed by atoms with Crippen LogP contribution >= 0.6 is 11.3 Å². The van der Waals surface area contributed by atoms with Crippen molar-refractivity contribution in [3.05, 3.63) is 64.3 Å². The Kier molecular flexibility index (Phi) is 7.71. The molecule has 0 aliphatic carbocycles. The van der Waals surface area contributed by atoms with E-state index in [1.165, 1.54) is 22.5 Å². The Morgan fingerprint density at radius 1 is 1.07 bits per heavy atom. The molecule has 40 heavy (non-hydrogen) atoms. The first-order chi connectivity index (χ1) is 19.5. The number of imidazole rings is 1. The van der Waals surface area contributed by atoms with Gasteiger partial charge in [-0.2, -0.15) is 0 Å². The molecule has 2 saturated heterocycles. The Balaban J connectivity index is 1.10. The zero-order chi connectivity index (χ0) is 27.6. The van der Waals surface area contributed by atoms with Crippen molar-refractivity contribution in [2.24, 2.45) is 0 Å². The Labute approximate surface area is 239 Å². The highest BCUT2D eigenvalue weighted by Crippen LogP contribution is 2.35. The highest BCUT2D eigenvalue weighted by atomic mass is 32.1. The molecular weight excluding hydrogens is 522 g/mol. The lowest BCUT2D eigenvalue weighted by atomic mass is 10.0. The average molecular weight is 560 g/mol. The van der Waals surface area contributed by atoms with Gasteiger partial charge < -0.3 is 19.5 Å². The zero-order valence-electron chi connectivity index (χ0n) is 23.5. The van der Waals surface area contributed by atoms with E-state index in [2.05, 4.69) is 47.9 Å². The number of ether oxygens (including phenoxy) is 1. The van der Waals surface area contributed by atoms with Crippen LogP contribution in [0.1, 0.15) is 57.9 Å². The quantitative estimate of drug-likeness (QED) is 0.329. The second-order valence-electron chi connectivity index (χ2n) is 10.9. The Bertz CT molecular complexity index is 1500. The zero-order valence-corrected chi connectivity index (χ0v) is 24.3. The molecule has 2 aliphatic rings. The van der Waals surface area contributed by atoms with Gasteiger partial charge in [-0.3, -0.25) is 9.69 Å². The summed E-state index contributed by atoms with van der Waals surface area (Å²) in [7, 11) is 1.73. The molecule has 9 nitrogen and oxygen atoms in total. The number of thiophene rings is 1. The van der Waals surface area contributed by atoms with Crippen LogP contribution in [0.4, 0.5) is 5.82 Å². The molecule has 1 N–H and O–H groups in total. The van der Waals surface area contributed by atoms with Crippen molar-refractivity contribution in [1.82, 2.24) is 29.3 Å². The molecule has 6 rings (SSSR count). The van der Waals surface area contributed by atoms with E-state index in [1.54, 1.807) is 13.4 Å². The number of anilines is 1. The number of aromatic nitrogens is 4. The first-order valence-corrected chi connectivity index (χ1v) is 15.0. The Morgan fingerprint density at radius 2 is 1.88 bits per heavy atom. The molecule has 1 aromatic carbocycles. The number of fused-ring (bicyclic) bond motifs is 1. The molecule has 210 valence electrons. The number of amides is 1. The minimum Gasteiger partial charge on any atom is -0.496 e. The van der Waals surface area contributed by atoms with E-state index < -0.39 is 0 Å². The number of aryl methyl sites for hydroxylation is 2. The van der Waals surface area contributed by atoms with Crippen molar-refractivity contribution in [2.45, 2.75) is 58.7 Å². The van der Waals surface area contributed by atoms with Gasteiger partial charge in [-0.15, -0.1) is 11.3 Å². The number of nitrogens with zero attached hydrogens (tertiary/aromatic N) is 6. The van der Waals surface area contributed by atoms with E-state index in [4.69, 9.17) is 4.74 Å². The van der Waals surface area contributed by atoms with Crippen LogP contribution in [0.25, 0.3) is 10.2 Å². The summed E-state index contributed by atoms with van der Waals surface area (Å²) in [5, 5.41) is 4.70. The van der Waals surface area contributed by atoms with Gasteiger partial charge in [0.25, 0.3) is 5.91 Å². The minimum atomic E-state index is 0.138. The summed E-state index contributed by atoms with van der Waals surface area (Å²) in [6.45, 7) is 9.44. The predicted molar refractivity (Wildman–Crippen MR) is 158 cm³/mol. The van der Waals surface area contributed by atoms with E-state index in [0.29, 0.717) is 6.04 Å². The summed E-state index contributed by atoms with van der Waals surface area (Å²) in [6.07, 6.45) is 9.71. The van der Waals surface area contributed by atoms with Crippen molar-refractivity contribution in [1.29, 1.82) is 0 Å². The highest BCUT2D eigenvalue weighted by Gasteiger charge is 2.27. The first kappa shape index (κ1) is 26.7. The molecule has 0 unspecified atom stereocenters. The summed E-state index contributed by atoms with van der Waals surface area (Å²) in [5.74, 6) is 2.89. The van der Waals surface area contributed by atoms with Gasteiger partial charge in [-0.1, -0.05) is 6.07 Å². The summed E-state index contributed by atoms with van der Waals surface area (Å²) < 4.78 is 7.78. The lowest BCUT2D eigenvalue weighted by molar-refractivity contribution is 0.0797. The van der Waals surface area contributed by atoms with Crippen LogP contribution in [0, 0.1) is 13.8 Å². The van der Waals surface area contributed by atoms with Crippen LogP contribution < -0.4 is 10.1 Å². The topological polar surface area (TPSA) is 88.4 Å². The fourth-order valence-corrected chi connectivity index (χ4v) is 7.06. The summed E-state index contributed by atoms with van der Waals surface area (Å²) in [5.41, 5.74) is 3.46. The van der Waals surface area contributed by atoms with E-state index in [1.807, 2.05) is 31.1 Å². The largest absolute Gasteiger partial charge is 0.496 e. The predicted octanol–water partition coefficient (Wildman–Crippen LogP) is 4.87. The van der Waals surface area contributed by atoms with Crippen molar-refractivity contribution >= 4 is 33.3 Å². The van der Waals surface area contributed by atoms with Gasteiger partial charge in [-0.05, 0) is 62.8 Å². The third-order valence-corrected chi connectivity index (χ3v) is 9.45. The van der Waals surface area contributed by atoms with Crippen LogP contribution in [0.15, 0.2) is 36.9 Å². The number of likely N-dealkylation sites (tertiary alicyclic amines) is 2. The second-order valence-corrected chi connectivity index (χ2v) is 11.9. The van der Waals surface area contributed by atoms with Crippen LogP contribution in [0.2, 0.25) is 0 Å². The standard InChI is InChI=1S/C30H37N7O2S/c1-20-26-28(32-19-33-29(26)40-27(20)30(38)36-11-4-5-12-36)34-24-8-13-35(14-9-24)17-22-6-7-25(39-3)23(16-22)18-37-15-10-31-21(37)2/h6-7,10,15-16,19,24H,4-5,8-9,11-14,17-18H2,1-3H3,(H,32,33,34). The molecule has 4 aromatic rings. The molecule has 5 heterocycles. The SMILES string of the molecule is COc1ccc(CN2CCC(Nc3ncnc4sc(C(=O)N5CCCC5)c(C)c34)CC2)cc1Cn1ccnc1C. The fourth-order valence-electron chi connectivity index (χ4n) is 5.94. The molecule has 0 radical (unpaired) electrons. The van der Waals surface area contributed by atoms with E-state index in [9.17, 15) is 4.79 Å². The van der Waals surface area contributed by atoms with E-state index in [-0.39, 0.29) is 5.91 Å². The number of carbonyl (C=O) groups is 1. The maximum absolute atomic E-state index is 13.1.